The molecule has 3 nitrogen and oxygen atoms in total. The largest absolute Gasteiger partial charge is 0.388 e. The Kier molecular flexibility index (Phi) is 4.48. The molecule has 1 saturated carbocycles. The van der Waals surface area contributed by atoms with E-state index in [1.807, 2.05) is 6.07 Å². The van der Waals surface area contributed by atoms with Crippen molar-refractivity contribution in [3.8, 4) is 0 Å². The van der Waals surface area contributed by atoms with E-state index in [1.165, 1.54) is 11.1 Å². The van der Waals surface area contributed by atoms with E-state index in [1.54, 1.807) is 11.9 Å². The molecule has 0 aromatic heterocycles. The lowest BCUT2D eigenvalue weighted by Gasteiger charge is -2.28. The van der Waals surface area contributed by atoms with Crippen molar-refractivity contribution >= 4 is 5.91 Å². The minimum Gasteiger partial charge on any atom is -0.388 e. The van der Waals surface area contributed by atoms with Gasteiger partial charge in [0.1, 0.15) is 0 Å². The maximum Gasteiger partial charge on any atom is 0.226 e. The number of hydrogen-bond donors (Lipinski definition) is 1. The minimum absolute atomic E-state index is 0.0774. The van der Waals surface area contributed by atoms with Crippen molar-refractivity contribution < 1.29 is 9.90 Å². The molecule has 3 heteroatoms. The molecule has 0 spiro atoms. The van der Waals surface area contributed by atoms with Gasteiger partial charge in [0, 0.05) is 13.6 Å². The van der Waals surface area contributed by atoms with Crippen molar-refractivity contribution in [2.75, 3.05) is 13.6 Å². The smallest absolute Gasteiger partial charge is 0.226 e. The molecule has 0 bridgehead atoms. The lowest BCUT2D eigenvalue weighted by Crippen LogP contribution is -2.42. The molecule has 0 radical (unpaired) electrons. The van der Waals surface area contributed by atoms with Gasteiger partial charge in [-0.15, -0.1) is 0 Å². The monoisotopic (exact) mass is 275 g/mol. The second kappa shape index (κ2) is 5.96. The van der Waals surface area contributed by atoms with Crippen LogP contribution in [0.4, 0.5) is 0 Å². The standard InChI is InChI=1S/C17H25NO2/c1-13-6-7-15(10-14(13)2)11-16(19)18(3)12-17(20)8-4-5-9-17/h6-7,10,20H,4-5,8-9,11-12H2,1-3H3. The number of carbonyl (C=O) groups is 1. The predicted molar refractivity (Wildman–Crippen MR) is 80.7 cm³/mol. The van der Waals surface area contributed by atoms with Crippen LogP contribution in [-0.4, -0.2) is 35.1 Å². The molecular weight excluding hydrogens is 250 g/mol. The van der Waals surface area contributed by atoms with E-state index in [0.717, 1.165) is 31.2 Å². The van der Waals surface area contributed by atoms with Crippen molar-refractivity contribution in [2.24, 2.45) is 0 Å². The summed E-state index contributed by atoms with van der Waals surface area (Å²) in [5.74, 6) is 0.0774. The first-order valence-electron chi connectivity index (χ1n) is 7.42. The molecular formula is C17H25NO2. The molecule has 0 heterocycles. The summed E-state index contributed by atoms with van der Waals surface area (Å²) in [7, 11) is 1.79. The highest BCUT2D eigenvalue weighted by molar-refractivity contribution is 5.78. The third kappa shape index (κ3) is 3.60. The molecule has 1 aromatic carbocycles. The van der Waals surface area contributed by atoms with Gasteiger partial charge in [-0.05, 0) is 43.4 Å². The maximum absolute atomic E-state index is 12.3. The summed E-state index contributed by atoms with van der Waals surface area (Å²) in [6, 6.07) is 6.15. The second-order valence-electron chi connectivity index (χ2n) is 6.28. The summed E-state index contributed by atoms with van der Waals surface area (Å²) in [5.41, 5.74) is 2.85. The third-order valence-electron chi connectivity index (χ3n) is 4.42. The number of carbonyl (C=O) groups excluding carboxylic acids is 1. The zero-order valence-electron chi connectivity index (χ0n) is 12.8. The number of nitrogens with zero attached hydrogens (tertiary/aromatic N) is 1. The van der Waals surface area contributed by atoms with Gasteiger partial charge in [-0.3, -0.25) is 4.79 Å². The summed E-state index contributed by atoms with van der Waals surface area (Å²) in [5, 5.41) is 10.4. The van der Waals surface area contributed by atoms with Crippen molar-refractivity contribution in [3.63, 3.8) is 0 Å². The van der Waals surface area contributed by atoms with Crippen LogP contribution in [-0.2, 0) is 11.2 Å². The van der Waals surface area contributed by atoms with Crippen LogP contribution < -0.4 is 0 Å². The second-order valence-corrected chi connectivity index (χ2v) is 6.28. The molecule has 1 aliphatic carbocycles. The summed E-state index contributed by atoms with van der Waals surface area (Å²) in [4.78, 5) is 13.9. The zero-order valence-corrected chi connectivity index (χ0v) is 12.8. The van der Waals surface area contributed by atoms with Gasteiger partial charge in [-0.2, -0.15) is 0 Å². The predicted octanol–water partition coefficient (Wildman–Crippen LogP) is 2.61. The van der Waals surface area contributed by atoms with Crippen LogP contribution in [0.2, 0.25) is 0 Å². The molecule has 0 unspecified atom stereocenters. The highest BCUT2D eigenvalue weighted by atomic mass is 16.3. The normalized spacial score (nSPS) is 17.2. The van der Waals surface area contributed by atoms with Crippen LogP contribution >= 0.6 is 0 Å². The first-order chi connectivity index (χ1) is 9.39. The summed E-state index contributed by atoms with van der Waals surface area (Å²) < 4.78 is 0. The first kappa shape index (κ1) is 15.0. The summed E-state index contributed by atoms with van der Waals surface area (Å²) in [6.45, 7) is 4.59. The van der Waals surface area contributed by atoms with Crippen LogP contribution in [0.15, 0.2) is 18.2 Å². The zero-order chi connectivity index (χ0) is 14.8. The van der Waals surface area contributed by atoms with Crippen LogP contribution in [0.5, 0.6) is 0 Å². The van der Waals surface area contributed by atoms with Gasteiger partial charge < -0.3 is 10.0 Å². The fraction of sp³-hybridized carbons (Fsp3) is 0.588. The Balaban J connectivity index is 1.95. The number of benzene rings is 1. The SMILES string of the molecule is Cc1ccc(CC(=O)N(C)CC2(O)CCCC2)cc1C. The fourth-order valence-corrected chi connectivity index (χ4v) is 2.94. The molecule has 1 aliphatic rings. The van der Waals surface area contributed by atoms with Gasteiger partial charge in [0.25, 0.3) is 0 Å². The number of hydrogen-bond acceptors (Lipinski definition) is 2. The molecule has 0 saturated heterocycles. The molecule has 1 amide bonds. The number of aryl methyl sites for hydroxylation is 2. The van der Waals surface area contributed by atoms with Crippen molar-refractivity contribution in [3.05, 3.63) is 34.9 Å². The van der Waals surface area contributed by atoms with Crippen LogP contribution in [0, 0.1) is 13.8 Å². The Labute approximate surface area is 121 Å². The molecule has 20 heavy (non-hydrogen) atoms. The first-order valence-corrected chi connectivity index (χ1v) is 7.42. The van der Waals surface area contributed by atoms with Crippen LogP contribution in [0.1, 0.15) is 42.4 Å². The van der Waals surface area contributed by atoms with Crippen LogP contribution in [0.3, 0.4) is 0 Å². The van der Waals surface area contributed by atoms with E-state index in [2.05, 4.69) is 26.0 Å². The molecule has 0 aliphatic heterocycles. The van der Waals surface area contributed by atoms with Crippen molar-refractivity contribution in [1.29, 1.82) is 0 Å². The van der Waals surface area contributed by atoms with Gasteiger partial charge in [0.15, 0.2) is 0 Å². The number of amides is 1. The highest BCUT2D eigenvalue weighted by Gasteiger charge is 2.33. The molecule has 110 valence electrons. The van der Waals surface area contributed by atoms with E-state index >= 15 is 0 Å². The molecule has 0 atom stereocenters. The quantitative estimate of drug-likeness (QED) is 0.917. The van der Waals surface area contributed by atoms with Crippen molar-refractivity contribution in [1.82, 2.24) is 4.90 Å². The fourth-order valence-electron chi connectivity index (χ4n) is 2.94. The topological polar surface area (TPSA) is 40.5 Å². The summed E-state index contributed by atoms with van der Waals surface area (Å²) >= 11 is 0. The lowest BCUT2D eigenvalue weighted by atomic mass is 10.0. The molecule has 2 rings (SSSR count). The number of aliphatic hydroxyl groups is 1. The average molecular weight is 275 g/mol. The Morgan fingerprint density at radius 3 is 2.50 bits per heavy atom. The molecule has 1 N–H and O–H groups in total. The highest BCUT2D eigenvalue weighted by Crippen LogP contribution is 2.30. The Hall–Kier alpha value is -1.35. The van der Waals surface area contributed by atoms with E-state index in [0.29, 0.717) is 13.0 Å². The summed E-state index contributed by atoms with van der Waals surface area (Å²) in [6.07, 6.45) is 4.17. The van der Waals surface area contributed by atoms with Gasteiger partial charge in [0.2, 0.25) is 5.91 Å². The van der Waals surface area contributed by atoms with Crippen molar-refractivity contribution in [2.45, 2.75) is 51.6 Å². The van der Waals surface area contributed by atoms with Gasteiger partial charge in [0.05, 0.1) is 12.0 Å². The Bertz CT molecular complexity index is 490. The van der Waals surface area contributed by atoms with E-state index in [-0.39, 0.29) is 5.91 Å². The number of rotatable bonds is 4. The molecule has 1 aromatic rings. The van der Waals surface area contributed by atoms with Gasteiger partial charge in [-0.25, -0.2) is 0 Å². The third-order valence-corrected chi connectivity index (χ3v) is 4.42. The van der Waals surface area contributed by atoms with Gasteiger partial charge in [-0.1, -0.05) is 31.0 Å². The minimum atomic E-state index is -0.659. The van der Waals surface area contributed by atoms with Gasteiger partial charge >= 0.3 is 0 Å². The van der Waals surface area contributed by atoms with E-state index in [4.69, 9.17) is 0 Å². The van der Waals surface area contributed by atoms with Crippen LogP contribution in [0.25, 0.3) is 0 Å². The average Bonchev–Trinajstić information content (AvgIpc) is 2.80. The van der Waals surface area contributed by atoms with E-state index < -0.39 is 5.60 Å². The van der Waals surface area contributed by atoms with E-state index in [9.17, 15) is 9.90 Å². The Morgan fingerprint density at radius 2 is 1.90 bits per heavy atom. The molecule has 1 fully saturated rings. The number of likely N-dealkylation sites (N-methyl/N-ethyl adjacent to an activating group) is 1. The Morgan fingerprint density at radius 1 is 1.25 bits per heavy atom. The lowest BCUT2D eigenvalue weighted by molar-refractivity contribution is -0.132. The maximum atomic E-state index is 12.3.